The molecule has 0 aliphatic heterocycles. The van der Waals surface area contributed by atoms with Crippen molar-refractivity contribution in [3.05, 3.63) is 59.4 Å². The Morgan fingerprint density at radius 2 is 1.95 bits per heavy atom. The van der Waals surface area contributed by atoms with Crippen molar-refractivity contribution in [2.75, 3.05) is 12.9 Å². The van der Waals surface area contributed by atoms with Crippen LogP contribution in [0.3, 0.4) is 0 Å². The second-order valence-electron chi connectivity index (χ2n) is 4.47. The molecule has 3 N–H and O–H groups in total. The number of hydrogen-bond donors (Lipinski definition) is 2. The van der Waals surface area contributed by atoms with Crippen LogP contribution in [0.2, 0.25) is 0 Å². The SMILES string of the molecule is CCSc1ccc(C(NN)c2cccc(OC)c2F)cc1. The molecule has 2 aromatic rings. The van der Waals surface area contributed by atoms with Gasteiger partial charge in [0.05, 0.1) is 13.2 Å². The molecule has 0 fully saturated rings. The van der Waals surface area contributed by atoms with Crippen molar-refractivity contribution in [1.82, 2.24) is 5.43 Å². The maximum atomic E-state index is 14.4. The Hall–Kier alpha value is -1.56. The predicted octanol–water partition coefficient (Wildman–Crippen LogP) is 3.50. The van der Waals surface area contributed by atoms with E-state index < -0.39 is 11.9 Å². The number of halogens is 1. The van der Waals surface area contributed by atoms with Crippen LogP contribution >= 0.6 is 11.8 Å². The molecule has 0 radical (unpaired) electrons. The van der Waals surface area contributed by atoms with Crippen LogP contribution in [0.1, 0.15) is 24.1 Å². The zero-order valence-corrected chi connectivity index (χ0v) is 12.9. The molecule has 3 nitrogen and oxygen atoms in total. The molecular weight excluding hydrogens is 287 g/mol. The molecule has 0 heterocycles. The zero-order chi connectivity index (χ0) is 15.2. The van der Waals surface area contributed by atoms with Crippen molar-refractivity contribution in [2.45, 2.75) is 17.9 Å². The summed E-state index contributed by atoms with van der Waals surface area (Å²) in [7, 11) is 1.45. The molecule has 0 aliphatic carbocycles. The molecule has 2 aromatic carbocycles. The molecule has 0 aliphatic rings. The first-order valence-corrected chi connectivity index (χ1v) is 7.71. The molecule has 0 bridgehead atoms. The summed E-state index contributed by atoms with van der Waals surface area (Å²) in [5, 5.41) is 0. The van der Waals surface area contributed by atoms with Gasteiger partial charge in [0.2, 0.25) is 0 Å². The second kappa shape index (κ2) is 7.45. The largest absolute Gasteiger partial charge is 0.494 e. The first-order chi connectivity index (χ1) is 10.2. The molecule has 21 heavy (non-hydrogen) atoms. The van der Waals surface area contributed by atoms with Crippen molar-refractivity contribution in [3.63, 3.8) is 0 Å². The Labute approximate surface area is 128 Å². The number of methoxy groups -OCH3 is 1. The van der Waals surface area contributed by atoms with Gasteiger partial charge in [0.25, 0.3) is 0 Å². The van der Waals surface area contributed by atoms with E-state index >= 15 is 0 Å². The summed E-state index contributed by atoms with van der Waals surface area (Å²) in [6, 6.07) is 12.6. The zero-order valence-electron chi connectivity index (χ0n) is 12.1. The van der Waals surface area contributed by atoms with Crippen LogP contribution in [0.4, 0.5) is 4.39 Å². The van der Waals surface area contributed by atoms with Gasteiger partial charge < -0.3 is 4.74 Å². The lowest BCUT2D eigenvalue weighted by Gasteiger charge is -2.19. The third kappa shape index (κ3) is 3.56. The topological polar surface area (TPSA) is 47.3 Å². The van der Waals surface area contributed by atoms with Crippen molar-refractivity contribution in [3.8, 4) is 5.75 Å². The average molecular weight is 306 g/mol. The quantitative estimate of drug-likeness (QED) is 0.487. The predicted molar refractivity (Wildman–Crippen MR) is 85.0 cm³/mol. The van der Waals surface area contributed by atoms with Gasteiger partial charge in [0.1, 0.15) is 0 Å². The molecule has 1 unspecified atom stereocenters. The van der Waals surface area contributed by atoms with E-state index in [1.807, 2.05) is 24.3 Å². The summed E-state index contributed by atoms with van der Waals surface area (Å²) in [6.45, 7) is 2.11. The number of rotatable bonds is 6. The van der Waals surface area contributed by atoms with Crippen molar-refractivity contribution < 1.29 is 9.13 Å². The van der Waals surface area contributed by atoms with Crippen LogP contribution in [0, 0.1) is 5.82 Å². The minimum atomic E-state index is -0.416. The van der Waals surface area contributed by atoms with Gasteiger partial charge in [0, 0.05) is 10.5 Å². The Kier molecular flexibility index (Phi) is 5.61. The molecule has 0 aromatic heterocycles. The normalized spacial score (nSPS) is 12.2. The molecular formula is C16H19FN2OS. The van der Waals surface area contributed by atoms with E-state index in [0.29, 0.717) is 5.56 Å². The van der Waals surface area contributed by atoms with Crippen molar-refractivity contribution >= 4 is 11.8 Å². The first kappa shape index (κ1) is 15.8. The molecule has 5 heteroatoms. The van der Waals surface area contributed by atoms with E-state index in [4.69, 9.17) is 10.6 Å². The fourth-order valence-electron chi connectivity index (χ4n) is 2.20. The average Bonchev–Trinajstić information content (AvgIpc) is 2.51. The third-order valence-corrected chi connectivity index (χ3v) is 4.11. The van der Waals surface area contributed by atoms with Gasteiger partial charge in [-0.05, 0) is 29.5 Å². The van der Waals surface area contributed by atoms with Gasteiger partial charge in [-0.25, -0.2) is 9.82 Å². The Bertz CT molecular complexity index is 589. The highest BCUT2D eigenvalue weighted by atomic mass is 32.2. The summed E-state index contributed by atoms with van der Waals surface area (Å²) >= 11 is 1.76. The highest BCUT2D eigenvalue weighted by Gasteiger charge is 2.19. The van der Waals surface area contributed by atoms with Gasteiger partial charge in [-0.2, -0.15) is 0 Å². The summed E-state index contributed by atoms with van der Waals surface area (Å²) in [5.74, 6) is 6.47. The third-order valence-electron chi connectivity index (χ3n) is 3.22. The lowest BCUT2D eigenvalue weighted by Crippen LogP contribution is -2.29. The summed E-state index contributed by atoms with van der Waals surface area (Å²) in [5.41, 5.74) is 4.05. The number of benzene rings is 2. The smallest absolute Gasteiger partial charge is 0.170 e. The number of nitrogens with two attached hydrogens (primary N) is 1. The molecule has 112 valence electrons. The maximum Gasteiger partial charge on any atom is 0.170 e. The highest BCUT2D eigenvalue weighted by molar-refractivity contribution is 7.99. The number of thioether (sulfide) groups is 1. The van der Waals surface area contributed by atoms with Crippen LogP contribution in [0.5, 0.6) is 5.75 Å². The Morgan fingerprint density at radius 3 is 2.52 bits per heavy atom. The van der Waals surface area contributed by atoms with Gasteiger partial charge in [-0.1, -0.05) is 31.2 Å². The minimum Gasteiger partial charge on any atom is -0.494 e. The van der Waals surface area contributed by atoms with E-state index in [-0.39, 0.29) is 5.75 Å². The van der Waals surface area contributed by atoms with E-state index in [1.165, 1.54) is 12.0 Å². The molecule has 1 atom stereocenters. The lowest BCUT2D eigenvalue weighted by molar-refractivity contribution is 0.381. The van der Waals surface area contributed by atoms with E-state index in [0.717, 1.165) is 11.3 Å². The van der Waals surface area contributed by atoms with Crippen LogP contribution in [0.25, 0.3) is 0 Å². The van der Waals surface area contributed by atoms with Crippen LogP contribution in [-0.2, 0) is 0 Å². The Morgan fingerprint density at radius 1 is 1.24 bits per heavy atom. The van der Waals surface area contributed by atoms with Crippen LogP contribution in [-0.4, -0.2) is 12.9 Å². The number of hydrazine groups is 1. The fraction of sp³-hybridized carbons (Fsp3) is 0.250. The fourth-order valence-corrected chi connectivity index (χ4v) is 2.86. The standard InChI is InChI=1S/C16H19FN2OS/c1-3-21-12-9-7-11(8-10-12)16(19-18)13-5-4-6-14(20-2)15(13)17/h4-10,16,19H,3,18H2,1-2H3. The summed E-state index contributed by atoms with van der Waals surface area (Å²) in [4.78, 5) is 1.18. The Balaban J connectivity index is 2.35. The van der Waals surface area contributed by atoms with Crippen molar-refractivity contribution in [1.29, 1.82) is 0 Å². The van der Waals surface area contributed by atoms with Gasteiger partial charge in [0.15, 0.2) is 11.6 Å². The summed E-state index contributed by atoms with van der Waals surface area (Å²) < 4.78 is 19.4. The van der Waals surface area contributed by atoms with E-state index in [2.05, 4.69) is 12.3 Å². The van der Waals surface area contributed by atoms with Crippen molar-refractivity contribution in [2.24, 2.45) is 5.84 Å². The monoisotopic (exact) mass is 306 g/mol. The maximum absolute atomic E-state index is 14.4. The van der Waals surface area contributed by atoms with E-state index in [1.54, 1.807) is 30.0 Å². The number of nitrogens with one attached hydrogen (secondary N) is 1. The first-order valence-electron chi connectivity index (χ1n) is 6.72. The minimum absolute atomic E-state index is 0.214. The second-order valence-corrected chi connectivity index (χ2v) is 5.80. The summed E-state index contributed by atoms with van der Waals surface area (Å²) in [6.07, 6.45) is 0. The molecule has 0 saturated carbocycles. The van der Waals surface area contributed by atoms with E-state index in [9.17, 15) is 4.39 Å². The van der Waals surface area contributed by atoms with Gasteiger partial charge >= 0.3 is 0 Å². The highest BCUT2D eigenvalue weighted by Crippen LogP contribution is 2.30. The molecule has 0 saturated heterocycles. The molecule has 0 amide bonds. The van der Waals surface area contributed by atoms with Crippen LogP contribution in [0.15, 0.2) is 47.4 Å². The molecule has 0 spiro atoms. The number of ether oxygens (including phenoxy) is 1. The molecule has 2 rings (SSSR count). The van der Waals surface area contributed by atoms with Gasteiger partial charge in [-0.15, -0.1) is 11.8 Å². The number of hydrogen-bond acceptors (Lipinski definition) is 4. The lowest BCUT2D eigenvalue weighted by atomic mass is 9.98. The van der Waals surface area contributed by atoms with Gasteiger partial charge in [-0.3, -0.25) is 5.84 Å². The van der Waals surface area contributed by atoms with Crippen LogP contribution < -0.4 is 16.0 Å².